The number of carboxylic acid groups (broad SMARTS) is 1. The first-order valence-electron chi connectivity index (χ1n) is 8.29. The predicted molar refractivity (Wildman–Crippen MR) is 102 cm³/mol. The number of para-hydroxylation sites is 1. The molecule has 0 amide bonds. The second kappa shape index (κ2) is 7.83. The number of carbonyl (C=O) groups is 1. The first-order chi connectivity index (χ1) is 13.3. The van der Waals surface area contributed by atoms with Crippen molar-refractivity contribution in [3.8, 4) is 5.75 Å². The summed E-state index contributed by atoms with van der Waals surface area (Å²) in [5.74, 6) is -0.133. The number of nitrogens with one attached hydrogen (secondary N) is 1. The van der Waals surface area contributed by atoms with Gasteiger partial charge in [0.1, 0.15) is 17.6 Å². The van der Waals surface area contributed by atoms with Crippen LogP contribution >= 0.6 is 0 Å². The average molecular weight is 401 g/mol. The van der Waals surface area contributed by atoms with Crippen molar-refractivity contribution in [3.05, 3.63) is 77.9 Å². The minimum atomic E-state index is -3.97. The molecule has 1 atom stereocenters. The Morgan fingerprint density at radius 3 is 2.43 bits per heavy atom. The molecule has 0 radical (unpaired) electrons. The van der Waals surface area contributed by atoms with Gasteiger partial charge in [-0.15, -0.1) is 0 Å². The molecule has 0 saturated heterocycles. The zero-order valence-corrected chi connectivity index (χ0v) is 16.1. The maximum atomic E-state index is 13.0. The van der Waals surface area contributed by atoms with Crippen molar-refractivity contribution in [2.45, 2.75) is 10.9 Å². The zero-order valence-electron chi connectivity index (χ0n) is 15.2. The molecule has 3 rings (SSSR count). The third kappa shape index (κ3) is 3.90. The van der Waals surface area contributed by atoms with Crippen molar-refractivity contribution < 1.29 is 23.1 Å². The molecule has 0 saturated carbocycles. The second-order valence-electron chi connectivity index (χ2n) is 6.02. The van der Waals surface area contributed by atoms with E-state index >= 15 is 0 Å². The number of benzene rings is 2. The molecule has 0 aliphatic rings. The Morgan fingerprint density at radius 1 is 1.18 bits per heavy atom. The number of hydrogen-bond donors (Lipinski definition) is 2. The van der Waals surface area contributed by atoms with Crippen LogP contribution in [0.3, 0.4) is 0 Å². The quantitative estimate of drug-likeness (QED) is 0.628. The number of ether oxygens (including phenoxy) is 1. The molecular weight excluding hydrogens is 382 g/mol. The third-order valence-electron chi connectivity index (χ3n) is 4.25. The van der Waals surface area contributed by atoms with Gasteiger partial charge in [-0.2, -0.15) is 4.72 Å². The van der Waals surface area contributed by atoms with Gasteiger partial charge in [-0.05, 0) is 30.3 Å². The summed E-state index contributed by atoms with van der Waals surface area (Å²) in [7, 11) is -0.698. The number of imidazole rings is 1. The number of carboxylic acids is 1. The first kappa shape index (κ1) is 19.6. The summed E-state index contributed by atoms with van der Waals surface area (Å²) in [4.78, 5) is 15.2. The van der Waals surface area contributed by atoms with Crippen LogP contribution in [-0.4, -0.2) is 36.2 Å². The molecule has 0 unspecified atom stereocenters. The number of aryl methyl sites for hydroxylation is 1. The summed E-state index contributed by atoms with van der Waals surface area (Å²) in [6.45, 7) is 0. The van der Waals surface area contributed by atoms with Gasteiger partial charge in [0.05, 0.1) is 17.6 Å². The minimum absolute atomic E-state index is 0.00401. The van der Waals surface area contributed by atoms with Crippen LogP contribution in [0, 0.1) is 0 Å². The fourth-order valence-corrected chi connectivity index (χ4v) is 3.99. The van der Waals surface area contributed by atoms with Gasteiger partial charge >= 0.3 is 5.97 Å². The van der Waals surface area contributed by atoms with Gasteiger partial charge in [0.15, 0.2) is 0 Å². The molecule has 0 bridgehead atoms. The van der Waals surface area contributed by atoms with Crippen molar-refractivity contribution in [1.29, 1.82) is 0 Å². The Balaban J connectivity index is 2.04. The summed E-state index contributed by atoms with van der Waals surface area (Å²) in [6, 6.07) is 11.3. The summed E-state index contributed by atoms with van der Waals surface area (Å²) in [6.07, 6.45) is 3.29. The highest BCUT2D eigenvalue weighted by molar-refractivity contribution is 7.89. The number of rotatable bonds is 7. The molecular formula is C19H19N3O5S. The highest BCUT2D eigenvalue weighted by atomic mass is 32.2. The first-order valence-corrected chi connectivity index (χ1v) is 9.77. The van der Waals surface area contributed by atoms with E-state index in [1.165, 1.54) is 31.4 Å². The SMILES string of the molecule is COc1ccccc1[C@@H](NS(=O)(=O)c1ccc(C(=O)O)cc1)c1nccn1C. The van der Waals surface area contributed by atoms with E-state index in [0.717, 1.165) is 0 Å². The van der Waals surface area contributed by atoms with Gasteiger partial charge in [0.25, 0.3) is 0 Å². The number of hydrogen-bond acceptors (Lipinski definition) is 5. The van der Waals surface area contributed by atoms with Crippen LogP contribution < -0.4 is 9.46 Å². The van der Waals surface area contributed by atoms with Crippen LogP contribution in [0.5, 0.6) is 5.75 Å². The standard InChI is InChI=1S/C19H19N3O5S/c1-22-12-11-20-18(22)17(15-5-3-4-6-16(15)27-2)21-28(25,26)14-9-7-13(8-10-14)19(23)24/h3-12,17,21H,1-2H3,(H,23,24)/t17-/m1/s1. The Morgan fingerprint density at radius 2 is 1.86 bits per heavy atom. The van der Waals surface area contributed by atoms with E-state index in [1.807, 2.05) is 0 Å². The lowest BCUT2D eigenvalue weighted by atomic mass is 10.1. The van der Waals surface area contributed by atoms with Crippen molar-refractivity contribution in [1.82, 2.24) is 14.3 Å². The Hall–Kier alpha value is -3.17. The lowest BCUT2D eigenvalue weighted by molar-refractivity contribution is 0.0696. The number of aromatic carboxylic acids is 1. The monoisotopic (exact) mass is 401 g/mol. The Kier molecular flexibility index (Phi) is 5.48. The molecule has 8 nitrogen and oxygen atoms in total. The largest absolute Gasteiger partial charge is 0.496 e. The van der Waals surface area contributed by atoms with Crippen molar-refractivity contribution >= 4 is 16.0 Å². The predicted octanol–water partition coefficient (Wildman–Crippen LogP) is 2.19. The highest BCUT2D eigenvalue weighted by Gasteiger charge is 2.28. The second-order valence-corrected chi connectivity index (χ2v) is 7.74. The third-order valence-corrected chi connectivity index (χ3v) is 5.69. The van der Waals surface area contributed by atoms with E-state index in [9.17, 15) is 13.2 Å². The number of sulfonamides is 1. The van der Waals surface area contributed by atoms with Crippen LogP contribution in [0.15, 0.2) is 65.8 Å². The number of methoxy groups -OCH3 is 1. The summed E-state index contributed by atoms with van der Waals surface area (Å²) < 4.78 is 35.7. The zero-order chi connectivity index (χ0) is 20.3. The molecule has 0 aliphatic carbocycles. The molecule has 3 aromatic rings. The van der Waals surface area contributed by atoms with Crippen LogP contribution in [0.4, 0.5) is 0 Å². The highest BCUT2D eigenvalue weighted by Crippen LogP contribution is 2.30. The molecule has 2 aromatic carbocycles. The normalized spacial score (nSPS) is 12.5. The lowest BCUT2D eigenvalue weighted by Gasteiger charge is -2.21. The Labute approximate surface area is 162 Å². The summed E-state index contributed by atoms with van der Waals surface area (Å²) in [5, 5.41) is 9.00. The average Bonchev–Trinajstić information content (AvgIpc) is 3.12. The van der Waals surface area contributed by atoms with E-state index < -0.39 is 22.0 Å². The molecule has 1 heterocycles. The smallest absolute Gasteiger partial charge is 0.335 e. The van der Waals surface area contributed by atoms with E-state index in [-0.39, 0.29) is 10.5 Å². The van der Waals surface area contributed by atoms with Crippen LogP contribution in [0.2, 0.25) is 0 Å². The van der Waals surface area contributed by atoms with Crippen LogP contribution in [-0.2, 0) is 17.1 Å². The molecule has 1 aromatic heterocycles. The van der Waals surface area contributed by atoms with Crippen LogP contribution in [0.25, 0.3) is 0 Å². The molecule has 2 N–H and O–H groups in total. The van der Waals surface area contributed by atoms with Gasteiger partial charge in [0.2, 0.25) is 10.0 Å². The fourth-order valence-electron chi connectivity index (χ4n) is 2.82. The molecule has 146 valence electrons. The lowest BCUT2D eigenvalue weighted by Crippen LogP contribution is -2.31. The summed E-state index contributed by atoms with van der Waals surface area (Å²) in [5.41, 5.74) is 0.606. The van der Waals surface area contributed by atoms with Gasteiger partial charge in [0, 0.05) is 25.0 Å². The van der Waals surface area contributed by atoms with Crippen molar-refractivity contribution in [3.63, 3.8) is 0 Å². The molecule has 9 heteroatoms. The van der Waals surface area contributed by atoms with Crippen molar-refractivity contribution in [2.75, 3.05) is 7.11 Å². The van der Waals surface area contributed by atoms with E-state index in [0.29, 0.717) is 17.1 Å². The number of aromatic nitrogens is 2. The minimum Gasteiger partial charge on any atom is -0.496 e. The molecule has 0 spiro atoms. The van der Waals surface area contributed by atoms with Gasteiger partial charge in [-0.3, -0.25) is 0 Å². The van der Waals surface area contributed by atoms with E-state index in [1.54, 1.807) is 48.3 Å². The van der Waals surface area contributed by atoms with Gasteiger partial charge in [-0.1, -0.05) is 18.2 Å². The molecule has 0 aliphatic heterocycles. The van der Waals surface area contributed by atoms with Gasteiger partial charge < -0.3 is 14.4 Å². The Bertz CT molecular complexity index is 1090. The van der Waals surface area contributed by atoms with Crippen LogP contribution in [0.1, 0.15) is 27.8 Å². The maximum absolute atomic E-state index is 13.0. The summed E-state index contributed by atoms with van der Waals surface area (Å²) >= 11 is 0. The van der Waals surface area contributed by atoms with E-state index in [2.05, 4.69) is 9.71 Å². The van der Waals surface area contributed by atoms with Gasteiger partial charge in [-0.25, -0.2) is 18.2 Å². The molecule has 0 fully saturated rings. The number of nitrogens with zero attached hydrogens (tertiary/aromatic N) is 2. The molecule has 28 heavy (non-hydrogen) atoms. The fraction of sp³-hybridized carbons (Fsp3) is 0.158. The topological polar surface area (TPSA) is 111 Å². The maximum Gasteiger partial charge on any atom is 0.335 e. The van der Waals surface area contributed by atoms with Crippen molar-refractivity contribution in [2.24, 2.45) is 7.05 Å². The van der Waals surface area contributed by atoms with E-state index in [4.69, 9.17) is 9.84 Å².